The number of amides is 6. The molecule has 7 atom stereocenters. The van der Waals surface area contributed by atoms with E-state index in [4.69, 9.17) is 20.2 Å². The zero-order chi connectivity index (χ0) is 51.1. The number of nitrogens with one attached hydrogen (secondary N) is 5. The lowest BCUT2D eigenvalue weighted by molar-refractivity contribution is -0.151. The summed E-state index contributed by atoms with van der Waals surface area (Å²) < 4.78 is 10.4. The number of aromatic nitrogens is 1. The number of rotatable bonds is 18. The number of amidine groups is 1. The smallest absolute Gasteiger partial charge is 0.407 e. The number of carbonyl (C=O) groups is 7. The normalized spacial score (nSPS) is 18.9. The van der Waals surface area contributed by atoms with Crippen molar-refractivity contribution in [1.29, 1.82) is 0 Å². The molecule has 0 radical (unpaired) electrons. The van der Waals surface area contributed by atoms with Crippen molar-refractivity contribution >= 4 is 58.8 Å². The van der Waals surface area contributed by atoms with Gasteiger partial charge in [-0.15, -0.1) is 11.3 Å². The van der Waals surface area contributed by atoms with Gasteiger partial charge in [-0.05, 0) is 47.1 Å². The van der Waals surface area contributed by atoms with E-state index in [1.807, 2.05) is 102 Å². The summed E-state index contributed by atoms with van der Waals surface area (Å²) in [5.74, 6) is -4.80. The van der Waals surface area contributed by atoms with E-state index in [2.05, 4.69) is 31.6 Å². The van der Waals surface area contributed by atoms with Gasteiger partial charge in [0.15, 0.2) is 0 Å². The van der Waals surface area contributed by atoms with Crippen molar-refractivity contribution < 1.29 is 43.0 Å². The largest absolute Gasteiger partial charge is 0.469 e. The maximum atomic E-state index is 15.8. The van der Waals surface area contributed by atoms with Crippen LogP contribution in [-0.2, 0) is 44.8 Å². The third-order valence-electron chi connectivity index (χ3n) is 11.8. The number of methoxy groups -OCH3 is 1. The number of esters is 1. The molecule has 0 saturated carbocycles. The molecule has 2 heterocycles. The van der Waals surface area contributed by atoms with Crippen LogP contribution in [0.4, 0.5) is 4.79 Å². The van der Waals surface area contributed by atoms with E-state index in [1.54, 1.807) is 26.2 Å². The van der Waals surface area contributed by atoms with Gasteiger partial charge in [-0.1, -0.05) is 123 Å². The quantitative estimate of drug-likeness (QED) is 0.0739. The maximum Gasteiger partial charge on any atom is 0.407 e. The third kappa shape index (κ3) is 16.1. The molecule has 6 amide bonds. The molecule has 0 spiro atoms. The number of carbonyl (C=O) groups excluding carboxylic acids is 7. The topological polar surface area (TPSA) is 253 Å². The molecule has 2 aromatic carbocycles. The molecule has 69 heavy (non-hydrogen) atoms. The Balaban J connectivity index is 1.73. The average Bonchev–Trinajstić information content (AvgIpc) is 3.84. The zero-order valence-corrected chi connectivity index (χ0v) is 42.3. The number of nitrogens with zero attached hydrogens (tertiary/aromatic N) is 3. The minimum atomic E-state index is -1.32. The van der Waals surface area contributed by atoms with Gasteiger partial charge in [0, 0.05) is 24.0 Å². The minimum Gasteiger partial charge on any atom is -0.469 e. The van der Waals surface area contributed by atoms with Gasteiger partial charge in [0.1, 0.15) is 48.2 Å². The van der Waals surface area contributed by atoms with Gasteiger partial charge < -0.3 is 46.7 Å². The predicted molar refractivity (Wildman–Crippen MR) is 263 cm³/mol. The molecular weight excluding hydrogens is 903 g/mol. The monoisotopic (exact) mass is 974 g/mol. The second kappa shape index (κ2) is 25.3. The Morgan fingerprint density at radius 1 is 0.899 bits per heavy atom. The van der Waals surface area contributed by atoms with E-state index in [1.165, 1.54) is 29.5 Å². The molecule has 0 fully saturated rings. The summed E-state index contributed by atoms with van der Waals surface area (Å²) in [7, 11) is 1.23. The first-order chi connectivity index (χ1) is 32.5. The minimum absolute atomic E-state index is 0.0842. The number of hydrogen-bond acceptors (Lipinski definition) is 13. The van der Waals surface area contributed by atoms with Crippen LogP contribution in [0.3, 0.4) is 0 Å². The number of thiazole rings is 1. The van der Waals surface area contributed by atoms with Crippen LogP contribution >= 0.6 is 11.3 Å². The molecule has 3 aromatic rings. The highest BCUT2D eigenvalue weighted by atomic mass is 32.1. The Morgan fingerprint density at radius 3 is 2.12 bits per heavy atom. The molecule has 0 aliphatic carbocycles. The highest BCUT2D eigenvalue weighted by Gasteiger charge is 2.47. The van der Waals surface area contributed by atoms with Crippen LogP contribution < -0.4 is 32.3 Å². The second-order valence-corrected chi connectivity index (χ2v) is 20.7. The predicted octanol–water partition coefficient (Wildman–Crippen LogP) is 4.90. The second-order valence-electron chi connectivity index (χ2n) is 19.7. The summed E-state index contributed by atoms with van der Waals surface area (Å²) in [6, 6.07) is 11.6. The Labute approximate surface area is 409 Å². The zero-order valence-electron chi connectivity index (χ0n) is 41.5. The summed E-state index contributed by atoms with van der Waals surface area (Å²) in [5.41, 5.74) is 6.03. The third-order valence-corrected chi connectivity index (χ3v) is 12.7. The molecule has 1 aliphatic heterocycles. The van der Waals surface area contributed by atoms with Crippen LogP contribution in [0, 0.1) is 16.7 Å². The number of aliphatic imine (C=N–C) groups is 1. The van der Waals surface area contributed by atoms with E-state index < -0.39 is 107 Å². The molecule has 19 heteroatoms. The standard InChI is InChI=1S/C50H71N9O9S/c1-30(2)38-45(64)58-40(49(4,5)6)43(54-28-36(60)55-34(44(63)56-38)23-17-18-24-53-48(66)68-29-32-19-13-11-14-20-32)57-41(50(7,8)9)47(65)59(35(27-37(61)67-10)46-52-25-26-69-46)39(42(51)62)31(3)33-21-15-12-16-22-33/h11-16,19-22,25-26,30-31,34-35,38-41H,17-18,23-24,27-29H2,1-10H3,(H2,51,62)(H,53,66)(H,54,57)(H,55,60)(H,56,63)(H,58,64)/t31-,34-,35+,38-,39-,40+,41+/m0/s1. The Kier molecular flexibility index (Phi) is 20.2. The molecule has 0 bridgehead atoms. The molecule has 7 N–H and O–H groups in total. The number of ether oxygens (including phenoxy) is 2. The molecule has 1 aliphatic rings. The molecule has 18 nitrogen and oxygen atoms in total. The van der Waals surface area contributed by atoms with Crippen molar-refractivity contribution in [3.63, 3.8) is 0 Å². The highest BCUT2D eigenvalue weighted by molar-refractivity contribution is 7.09. The van der Waals surface area contributed by atoms with Crippen LogP contribution in [0.25, 0.3) is 0 Å². The molecule has 4 rings (SSSR count). The van der Waals surface area contributed by atoms with Gasteiger partial charge in [-0.25, -0.2) is 9.78 Å². The highest BCUT2D eigenvalue weighted by Crippen LogP contribution is 2.37. The lowest BCUT2D eigenvalue weighted by Crippen LogP contribution is -2.65. The summed E-state index contributed by atoms with van der Waals surface area (Å²) in [6.45, 7) is 16.2. The molecule has 1 aromatic heterocycles. The van der Waals surface area contributed by atoms with Crippen LogP contribution in [0.15, 0.2) is 77.2 Å². The molecular formula is C50H71N9O9S. The Hall–Kier alpha value is -6.37. The van der Waals surface area contributed by atoms with Crippen molar-refractivity contribution in [2.75, 3.05) is 20.2 Å². The number of hydrogen-bond donors (Lipinski definition) is 6. The van der Waals surface area contributed by atoms with E-state index in [0.29, 0.717) is 23.4 Å². The summed E-state index contributed by atoms with van der Waals surface area (Å²) in [6.07, 6.45) is 1.63. The lowest BCUT2D eigenvalue weighted by Gasteiger charge is -2.44. The van der Waals surface area contributed by atoms with Crippen LogP contribution in [0.1, 0.15) is 116 Å². The molecule has 0 saturated heterocycles. The maximum absolute atomic E-state index is 15.8. The van der Waals surface area contributed by atoms with Crippen LogP contribution in [0.2, 0.25) is 0 Å². The van der Waals surface area contributed by atoms with Crippen molar-refractivity contribution in [1.82, 2.24) is 36.5 Å². The number of unbranched alkanes of at least 4 members (excludes halogenated alkanes) is 1. The lowest BCUT2D eigenvalue weighted by atomic mass is 9.81. The fraction of sp³-hybridized carbons (Fsp3) is 0.540. The van der Waals surface area contributed by atoms with Gasteiger partial charge in [-0.3, -0.25) is 33.8 Å². The van der Waals surface area contributed by atoms with E-state index >= 15 is 4.79 Å². The van der Waals surface area contributed by atoms with Crippen molar-refractivity contribution in [3.05, 3.63) is 88.4 Å². The number of alkyl carbamates (subject to hydrolysis) is 1. The van der Waals surface area contributed by atoms with Gasteiger partial charge in [-0.2, -0.15) is 0 Å². The van der Waals surface area contributed by atoms with Gasteiger partial charge >= 0.3 is 12.1 Å². The van der Waals surface area contributed by atoms with Crippen molar-refractivity contribution in [3.8, 4) is 0 Å². The summed E-state index contributed by atoms with van der Waals surface area (Å²) >= 11 is 1.20. The fourth-order valence-corrected chi connectivity index (χ4v) is 8.72. The fourth-order valence-electron chi connectivity index (χ4n) is 7.98. The first kappa shape index (κ1) is 55.2. The number of primary amides is 1. The van der Waals surface area contributed by atoms with Crippen LogP contribution in [0.5, 0.6) is 0 Å². The molecule has 376 valence electrons. The van der Waals surface area contributed by atoms with E-state index in [0.717, 1.165) is 5.56 Å². The average molecular weight is 974 g/mol. The molecule has 0 unspecified atom stereocenters. The Morgan fingerprint density at radius 2 is 1.55 bits per heavy atom. The number of benzene rings is 2. The number of nitrogens with two attached hydrogens (primary N) is 1. The van der Waals surface area contributed by atoms with Gasteiger partial charge in [0.25, 0.3) is 0 Å². The van der Waals surface area contributed by atoms with Crippen molar-refractivity contribution in [2.24, 2.45) is 27.5 Å². The van der Waals surface area contributed by atoms with Gasteiger partial charge in [0.2, 0.25) is 29.5 Å². The van der Waals surface area contributed by atoms with E-state index in [-0.39, 0.29) is 31.8 Å². The van der Waals surface area contributed by atoms with E-state index in [9.17, 15) is 28.8 Å². The first-order valence-electron chi connectivity index (χ1n) is 23.3. The first-order valence-corrected chi connectivity index (χ1v) is 24.2. The van der Waals surface area contributed by atoms with Crippen molar-refractivity contribution in [2.45, 2.75) is 137 Å². The summed E-state index contributed by atoms with van der Waals surface area (Å²) in [5, 5.41) is 16.9. The van der Waals surface area contributed by atoms with Gasteiger partial charge in [0.05, 0.1) is 25.6 Å². The summed E-state index contributed by atoms with van der Waals surface area (Å²) in [4.78, 5) is 108. The van der Waals surface area contributed by atoms with Crippen LogP contribution in [-0.4, -0.2) is 108 Å². The Bertz CT molecular complexity index is 2230. The SMILES string of the molecule is COC(=O)C[C@H](c1nccs1)N(C(=O)[C@@H](NC1=NCC(=O)N[C@@H](CCCCNC(=O)OCc2ccccc2)C(=O)N[C@@H](C(C)C)C(=O)N[C@H]1C(C)(C)C)C(C)(C)C)[C@H](C(N)=O)[C@@H](C)c1ccccc1.